The van der Waals surface area contributed by atoms with Crippen LogP contribution in [0.15, 0.2) is 12.2 Å². The minimum Gasteiger partial charge on any atom is -0.363 e. The summed E-state index contributed by atoms with van der Waals surface area (Å²) in [5, 5.41) is 3.02. The van der Waals surface area contributed by atoms with Gasteiger partial charge in [-0.3, -0.25) is 9.59 Å². The molecule has 3 rings (SSSR count). The number of carbonyl (C=O) groups is 2. The van der Waals surface area contributed by atoms with Gasteiger partial charge in [-0.05, 0) is 37.5 Å². The Balaban J connectivity index is 1.43. The van der Waals surface area contributed by atoms with E-state index in [1.54, 1.807) is 19.0 Å². The molecule has 5 atom stereocenters. The molecule has 5 nitrogen and oxygen atoms in total. The summed E-state index contributed by atoms with van der Waals surface area (Å²) >= 11 is 0. The van der Waals surface area contributed by atoms with Crippen LogP contribution in [-0.2, 0) is 14.3 Å². The Bertz CT molecular complexity index is 460. The summed E-state index contributed by atoms with van der Waals surface area (Å²) < 4.78 is 5.74. The van der Waals surface area contributed by atoms with Crippen LogP contribution in [0.25, 0.3) is 0 Å². The fourth-order valence-corrected chi connectivity index (χ4v) is 3.75. The van der Waals surface area contributed by atoms with Crippen molar-refractivity contribution in [3.8, 4) is 0 Å². The predicted molar refractivity (Wildman–Crippen MR) is 78.4 cm³/mol. The summed E-state index contributed by atoms with van der Waals surface area (Å²) in [7, 11) is 3.48. The molecule has 5 heteroatoms. The summed E-state index contributed by atoms with van der Waals surface area (Å²) in [5.74, 6) is 1.35. The molecule has 0 aromatic heterocycles. The van der Waals surface area contributed by atoms with Gasteiger partial charge >= 0.3 is 0 Å². The molecule has 1 heterocycles. The van der Waals surface area contributed by atoms with Gasteiger partial charge in [-0.2, -0.15) is 0 Å². The number of nitrogens with zero attached hydrogens (tertiary/aromatic N) is 1. The molecule has 1 aliphatic heterocycles. The van der Waals surface area contributed by atoms with Crippen molar-refractivity contribution < 1.29 is 14.3 Å². The zero-order valence-electron chi connectivity index (χ0n) is 12.7. The van der Waals surface area contributed by atoms with Crippen molar-refractivity contribution >= 4 is 11.8 Å². The molecule has 3 aliphatic rings. The van der Waals surface area contributed by atoms with Crippen molar-refractivity contribution in [2.24, 2.45) is 17.8 Å². The molecular formula is C16H24N2O3. The number of rotatable bonds is 4. The predicted octanol–water partition coefficient (Wildman–Crippen LogP) is 0.951. The van der Waals surface area contributed by atoms with E-state index in [2.05, 4.69) is 17.5 Å². The van der Waals surface area contributed by atoms with Gasteiger partial charge < -0.3 is 15.0 Å². The SMILES string of the molecule is CN(C)C(=O)C1CCC(CNC(=O)C2CC3C=CC2C3)O1. The van der Waals surface area contributed by atoms with Gasteiger partial charge in [0.05, 0.1) is 6.10 Å². The van der Waals surface area contributed by atoms with Crippen LogP contribution in [0.5, 0.6) is 0 Å². The van der Waals surface area contributed by atoms with Crippen molar-refractivity contribution in [3.05, 3.63) is 12.2 Å². The number of nitrogens with one attached hydrogen (secondary N) is 1. The maximum Gasteiger partial charge on any atom is 0.251 e. The maximum atomic E-state index is 12.2. The maximum absolute atomic E-state index is 12.2. The summed E-state index contributed by atoms with van der Waals surface area (Å²) in [5.41, 5.74) is 0. The van der Waals surface area contributed by atoms with Crippen LogP contribution in [0.1, 0.15) is 25.7 Å². The van der Waals surface area contributed by atoms with Crippen molar-refractivity contribution in [1.29, 1.82) is 0 Å². The molecule has 0 aromatic carbocycles. The highest BCUT2D eigenvalue weighted by Crippen LogP contribution is 2.43. The zero-order valence-corrected chi connectivity index (χ0v) is 12.7. The Labute approximate surface area is 125 Å². The normalized spacial score (nSPS) is 37.0. The van der Waals surface area contributed by atoms with Crippen molar-refractivity contribution in [1.82, 2.24) is 10.2 Å². The first kappa shape index (κ1) is 14.6. The van der Waals surface area contributed by atoms with Crippen LogP contribution in [0.3, 0.4) is 0 Å². The Kier molecular flexibility index (Phi) is 4.02. The number of likely N-dealkylation sites (N-methyl/N-ethyl adjacent to an activating group) is 1. The Morgan fingerprint density at radius 3 is 2.67 bits per heavy atom. The molecule has 1 saturated heterocycles. The van der Waals surface area contributed by atoms with Gasteiger partial charge in [0, 0.05) is 26.6 Å². The van der Waals surface area contributed by atoms with E-state index >= 15 is 0 Å². The van der Waals surface area contributed by atoms with E-state index < -0.39 is 0 Å². The lowest BCUT2D eigenvalue weighted by Gasteiger charge is -2.20. The molecule has 2 aliphatic carbocycles. The Hall–Kier alpha value is -1.36. The van der Waals surface area contributed by atoms with E-state index in [9.17, 15) is 9.59 Å². The molecule has 2 fully saturated rings. The first-order valence-corrected chi connectivity index (χ1v) is 7.87. The van der Waals surface area contributed by atoms with Crippen LogP contribution in [0.2, 0.25) is 0 Å². The third-order valence-corrected chi connectivity index (χ3v) is 4.94. The highest BCUT2D eigenvalue weighted by Gasteiger charge is 2.40. The van der Waals surface area contributed by atoms with Crippen LogP contribution in [0, 0.1) is 17.8 Å². The molecule has 5 unspecified atom stereocenters. The Morgan fingerprint density at radius 1 is 1.24 bits per heavy atom. The zero-order chi connectivity index (χ0) is 15.0. The van der Waals surface area contributed by atoms with E-state index in [-0.39, 0.29) is 29.9 Å². The van der Waals surface area contributed by atoms with E-state index in [1.165, 1.54) is 0 Å². The first-order chi connectivity index (χ1) is 10.0. The molecule has 0 aromatic rings. The number of ether oxygens (including phenoxy) is 1. The monoisotopic (exact) mass is 292 g/mol. The molecule has 116 valence electrons. The van der Waals surface area contributed by atoms with Crippen molar-refractivity contribution in [3.63, 3.8) is 0 Å². The van der Waals surface area contributed by atoms with Crippen molar-refractivity contribution in [2.45, 2.75) is 37.9 Å². The van der Waals surface area contributed by atoms with Gasteiger partial charge in [0.2, 0.25) is 5.91 Å². The first-order valence-electron chi connectivity index (χ1n) is 7.87. The summed E-state index contributed by atoms with van der Waals surface area (Å²) in [6.07, 6.45) is 7.76. The standard InChI is InChI=1S/C16H24N2O3/c1-18(2)16(20)14-6-5-12(21-14)9-17-15(19)13-8-10-3-4-11(13)7-10/h3-4,10-14H,5-9H2,1-2H3,(H,17,19). The molecule has 2 bridgehead atoms. The molecular weight excluding hydrogens is 268 g/mol. The van der Waals surface area contributed by atoms with Gasteiger partial charge in [0.25, 0.3) is 5.91 Å². The van der Waals surface area contributed by atoms with E-state index in [0.717, 1.165) is 25.7 Å². The van der Waals surface area contributed by atoms with Gasteiger partial charge in [0.15, 0.2) is 0 Å². The molecule has 2 amide bonds. The third kappa shape index (κ3) is 2.98. The molecule has 0 spiro atoms. The fraction of sp³-hybridized carbons (Fsp3) is 0.750. The molecule has 0 radical (unpaired) electrons. The average Bonchev–Trinajstić information content (AvgIpc) is 3.19. The lowest BCUT2D eigenvalue weighted by atomic mass is 9.93. The second kappa shape index (κ2) is 5.79. The third-order valence-electron chi connectivity index (χ3n) is 4.94. The van der Waals surface area contributed by atoms with Gasteiger partial charge in [-0.1, -0.05) is 12.2 Å². The van der Waals surface area contributed by atoms with E-state index in [1.807, 2.05) is 0 Å². The van der Waals surface area contributed by atoms with Crippen LogP contribution < -0.4 is 5.32 Å². The quantitative estimate of drug-likeness (QED) is 0.785. The highest BCUT2D eigenvalue weighted by atomic mass is 16.5. The topological polar surface area (TPSA) is 58.6 Å². The number of hydrogen-bond acceptors (Lipinski definition) is 3. The second-order valence-corrected chi connectivity index (χ2v) is 6.69. The van der Waals surface area contributed by atoms with Gasteiger partial charge in [-0.15, -0.1) is 0 Å². The lowest BCUT2D eigenvalue weighted by Crippen LogP contribution is -2.39. The fourth-order valence-electron chi connectivity index (χ4n) is 3.75. The van der Waals surface area contributed by atoms with Crippen LogP contribution in [0.4, 0.5) is 0 Å². The smallest absolute Gasteiger partial charge is 0.251 e. The summed E-state index contributed by atoms with van der Waals surface area (Å²) in [6.45, 7) is 0.521. The lowest BCUT2D eigenvalue weighted by molar-refractivity contribution is -0.140. The van der Waals surface area contributed by atoms with Gasteiger partial charge in [-0.25, -0.2) is 0 Å². The number of allylic oxidation sites excluding steroid dienone is 2. The largest absolute Gasteiger partial charge is 0.363 e. The number of amides is 2. The molecule has 1 saturated carbocycles. The van der Waals surface area contributed by atoms with Crippen LogP contribution in [-0.4, -0.2) is 49.6 Å². The number of carbonyl (C=O) groups excluding carboxylic acids is 2. The highest BCUT2D eigenvalue weighted by molar-refractivity contribution is 5.81. The number of hydrogen-bond donors (Lipinski definition) is 1. The average molecular weight is 292 g/mol. The minimum absolute atomic E-state index is 0.0158. The van der Waals surface area contributed by atoms with Gasteiger partial charge in [0.1, 0.15) is 6.10 Å². The number of fused-ring (bicyclic) bond motifs is 2. The Morgan fingerprint density at radius 2 is 2.05 bits per heavy atom. The van der Waals surface area contributed by atoms with Crippen LogP contribution >= 0.6 is 0 Å². The molecule has 1 N–H and O–H groups in total. The second-order valence-electron chi connectivity index (χ2n) is 6.69. The summed E-state index contributed by atoms with van der Waals surface area (Å²) in [4.78, 5) is 25.6. The summed E-state index contributed by atoms with van der Waals surface area (Å²) in [6, 6.07) is 0. The molecule has 21 heavy (non-hydrogen) atoms. The van der Waals surface area contributed by atoms with Crippen molar-refractivity contribution in [2.75, 3.05) is 20.6 Å². The van der Waals surface area contributed by atoms with E-state index in [0.29, 0.717) is 18.4 Å². The van der Waals surface area contributed by atoms with E-state index in [4.69, 9.17) is 4.74 Å². The minimum atomic E-state index is -0.340.